The molecule has 168 valence electrons. The summed E-state index contributed by atoms with van der Waals surface area (Å²) in [4.78, 5) is 14.0. The van der Waals surface area contributed by atoms with Crippen LogP contribution >= 0.6 is 0 Å². The Bertz CT molecular complexity index is 1090. The lowest BCUT2D eigenvalue weighted by atomic mass is 10.3. The minimum Gasteiger partial charge on any atom is -0.478 e. The van der Waals surface area contributed by atoms with Crippen LogP contribution in [0.5, 0.6) is 17.5 Å². The molecule has 9 nitrogen and oxygen atoms in total. The molecule has 0 aliphatic heterocycles. The van der Waals surface area contributed by atoms with Crippen LogP contribution in [0, 0.1) is 0 Å². The third-order valence-electron chi connectivity index (χ3n) is 3.73. The molecule has 0 radical (unpaired) electrons. The van der Waals surface area contributed by atoms with Crippen LogP contribution in [0.15, 0.2) is 23.2 Å². The zero-order chi connectivity index (χ0) is 22.8. The highest BCUT2D eigenvalue weighted by Crippen LogP contribution is 2.38. The molecule has 15 heteroatoms. The number of anilines is 1. The van der Waals surface area contributed by atoms with Crippen molar-refractivity contribution in [2.75, 3.05) is 25.6 Å². The molecule has 0 fully saturated rings. The molecule has 2 N–H and O–H groups in total. The highest BCUT2D eigenvalue weighted by Gasteiger charge is 2.36. The van der Waals surface area contributed by atoms with E-state index in [1.54, 1.807) is 0 Å². The van der Waals surface area contributed by atoms with Crippen molar-refractivity contribution in [3.63, 3.8) is 0 Å². The van der Waals surface area contributed by atoms with Gasteiger partial charge in [-0.25, -0.2) is 22.4 Å². The van der Waals surface area contributed by atoms with Gasteiger partial charge in [0.2, 0.25) is 11.7 Å². The molecule has 3 aromatic heterocycles. The smallest absolute Gasteiger partial charge is 0.427 e. The van der Waals surface area contributed by atoms with Gasteiger partial charge in [-0.05, 0) is 12.1 Å². The number of methoxy groups -OCH3 is 2. The van der Waals surface area contributed by atoms with Gasteiger partial charge in [-0.1, -0.05) is 0 Å². The van der Waals surface area contributed by atoms with E-state index in [0.29, 0.717) is 0 Å². The van der Waals surface area contributed by atoms with Gasteiger partial charge in [0.05, 0.1) is 19.1 Å². The number of fused-ring (bicyclic) bond motifs is 1. The first-order chi connectivity index (χ1) is 14.7. The SMILES string of the molecule is COc1nc(NS(=O)c2c[nH]c3nc(C(F)F)ccc23)nc(OC)c1OC(F)(F)CF. The average Bonchev–Trinajstić information content (AvgIpc) is 3.17. The number of alkyl halides is 5. The molecule has 3 heterocycles. The molecular weight excluding hydrogens is 453 g/mol. The first-order valence-corrected chi connectivity index (χ1v) is 9.41. The van der Waals surface area contributed by atoms with E-state index in [2.05, 4.69) is 29.4 Å². The Hall–Kier alpha value is -3.23. The third kappa shape index (κ3) is 4.76. The third-order valence-corrected chi connectivity index (χ3v) is 4.83. The van der Waals surface area contributed by atoms with Crippen molar-refractivity contribution in [3.05, 3.63) is 24.0 Å². The summed E-state index contributed by atoms with van der Waals surface area (Å²) >= 11 is 0. The van der Waals surface area contributed by atoms with Crippen molar-refractivity contribution in [2.24, 2.45) is 0 Å². The summed E-state index contributed by atoms with van der Waals surface area (Å²) in [7, 11) is 0.120. The van der Waals surface area contributed by atoms with Crippen molar-refractivity contribution >= 4 is 28.0 Å². The average molecular weight is 467 g/mol. The Morgan fingerprint density at radius 1 is 1.16 bits per heavy atom. The monoisotopic (exact) mass is 467 g/mol. The molecule has 0 bridgehead atoms. The second kappa shape index (κ2) is 8.87. The van der Waals surface area contributed by atoms with E-state index in [1.807, 2.05) is 0 Å². The molecule has 3 aromatic rings. The van der Waals surface area contributed by atoms with Crippen molar-refractivity contribution < 1.29 is 40.4 Å². The molecule has 0 aliphatic rings. The maximum absolute atomic E-state index is 13.3. The lowest BCUT2D eigenvalue weighted by molar-refractivity contribution is -0.188. The second-order valence-electron chi connectivity index (χ2n) is 5.72. The molecule has 31 heavy (non-hydrogen) atoms. The fraction of sp³-hybridized carbons (Fsp3) is 0.312. The molecule has 0 aromatic carbocycles. The van der Waals surface area contributed by atoms with Crippen molar-refractivity contribution in [2.45, 2.75) is 17.4 Å². The van der Waals surface area contributed by atoms with Crippen molar-refractivity contribution in [1.82, 2.24) is 19.9 Å². The van der Waals surface area contributed by atoms with Crippen LogP contribution in [0.3, 0.4) is 0 Å². The number of aromatic amines is 1. The number of aromatic nitrogens is 4. The summed E-state index contributed by atoms with van der Waals surface area (Å²) in [6.07, 6.45) is -5.68. The highest BCUT2D eigenvalue weighted by atomic mass is 32.2. The molecule has 0 amide bonds. The van der Waals surface area contributed by atoms with E-state index in [4.69, 9.17) is 9.47 Å². The standard InChI is InChI=1S/C16H14F5N5O4S/c1-28-13-10(30-16(20,21)6-17)14(29-2)25-15(24-13)26-31(27)9-5-22-12-7(9)3-4-8(23-12)11(18)19/h3-5,11H,6H2,1-2H3,(H,22,23)(H,24,25,26). The Balaban J connectivity index is 1.92. The van der Waals surface area contributed by atoms with Crippen LogP contribution < -0.4 is 18.9 Å². The van der Waals surface area contributed by atoms with Gasteiger partial charge >= 0.3 is 6.11 Å². The molecule has 0 saturated carbocycles. The lowest BCUT2D eigenvalue weighted by Crippen LogP contribution is -2.28. The van der Waals surface area contributed by atoms with Crippen LogP contribution in [0.2, 0.25) is 0 Å². The predicted octanol–water partition coefficient (Wildman–Crippen LogP) is 3.38. The van der Waals surface area contributed by atoms with Gasteiger partial charge in [-0.3, -0.25) is 4.72 Å². The van der Waals surface area contributed by atoms with Gasteiger partial charge < -0.3 is 19.2 Å². The Labute approximate surface area is 173 Å². The van der Waals surface area contributed by atoms with Crippen molar-refractivity contribution in [1.29, 1.82) is 0 Å². The number of hydrogen-bond donors (Lipinski definition) is 2. The van der Waals surface area contributed by atoms with E-state index in [1.165, 1.54) is 12.3 Å². The first kappa shape index (κ1) is 22.5. The minimum absolute atomic E-state index is 0.0798. The van der Waals surface area contributed by atoms with Gasteiger partial charge in [0.15, 0.2) is 17.7 Å². The summed E-state index contributed by atoms with van der Waals surface area (Å²) in [5.41, 5.74) is -0.380. The van der Waals surface area contributed by atoms with Gasteiger partial charge in [-0.15, -0.1) is 0 Å². The number of H-pyrrole nitrogens is 1. The van der Waals surface area contributed by atoms with Crippen LogP contribution in [0.1, 0.15) is 12.1 Å². The van der Waals surface area contributed by atoms with Crippen LogP contribution in [-0.2, 0) is 11.0 Å². The molecule has 1 unspecified atom stereocenters. The number of halogens is 5. The van der Waals surface area contributed by atoms with Crippen LogP contribution in [0.4, 0.5) is 27.9 Å². The lowest BCUT2D eigenvalue weighted by Gasteiger charge is -2.18. The maximum Gasteiger partial charge on any atom is 0.427 e. The number of rotatable bonds is 9. The minimum atomic E-state index is -4.18. The summed E-state index contributed by atoms with van der Waals surface area (Å²) < 4.78 is 93.7. The molecule has 0 spiro atoms. The molecular formula is C16H14F5N5O4S. The number of hydrogen-bond acceptors (Lipinski definition) is 7. The summed E-state index contributed by atoms with van der Waals surface area (Å²) in [5.74, 6) is -2.21. The Kier molecular flexibility index (Phi) is 6.42. The van der Waals surface area contributed by atoms with E-state index in [-0.39, 0.29) is 21.9 Å². The Morgan fingerprint density at radius 3 is 2.35 bits per heavy atom. The van der Waals surface area contributed by atoms with Crippen molar-refractivity contribution in [3.8, 4) is 17.5 Å². The summed E-state index contributed by atoms with van der Waals surface area (Å²) in [6.45, 7) is -2.12. The highest BCUT2D eigenvalue weighted by molar-refractivity contribution is 7.86. The van der Waals surface area contributed by atoms with E-state index in [0.717, 1.165) is 20.3 Å². The molecule has 3 rings (SSSR count). The number of pyridine rings is 1. The van der Waals surface area contributed by atoms with Gasteiger partial charge in [0.25, 0.3) is 18.2 Å². The fourth-order valence-corrected chi connectivity index (χ4v) is 3.30. The molecule has 0 aliphatic carbocycles. The number of ether oxygens (including phenoxy) is 3. The maximum atomic E-state index is 13.3. The fourth-order valence-electron chi connectivity index (χ4n) is 2.40. The van der Waals surface area contributed by atoms with Crippen LogP contribution in [-0.4, -0.2) is 51.1 Å². The zero-order valence-corrected chi connectivity index (χ0v) is 16.6. The number of nitrogens with zero attached hydrogens (tertiary/aromatic N) is 3. The zero-order valence-electron chi connectivity index (χ0n) is 15.8. The second-order valence-corrected chi connectivity index (χ2v) is 6.91. The van der Waals surface area contributed by atoms with Gasteiger partial charge in [-0.2, -0.15) is 18.7 Å². The van der Waals surface area contributed by atoms with E-state index in [9.17, 15) is 26.2 Å². The quantitative estimate of drug-likeness (QED) is 0.464. The predicted molar refractivity (Wildman–Crippen MR) is 97.8 cm³/mol. The van der Waals surface area contributed by atoms with E-state index < -0.39 is 53.4 Å². The van der Waals surface area contributed by atoms with Crippen LogP contribution in [0.25, 0.3) is 11.0 Å². The summed E-state index contributed by atoms with van der Waals surface area (Å²) in [6, 6.07) is 2.40. The topological polar surface area (TPSA) is 111 Å². The van der Waals surface area contributed by atoms with Gasteiger partial charge in [0.1, 0.15) is 11.3 Å². The molecule has 0 saturated heterocycles. The normalized spacial score (nSPS) is 12.8. The largest absolute Gasteiger partial charge is 0.478 e. The molecule has 1 atom stereocenters. The summed E-state index contributed by atoms with van der Waals surface area (Å²) in [5, 5.41) is 0.289. The Morgan fingerprint density at radius 2 is 1.81 bits per heavy atom. The van der Waals surface area contributed by atoms with E-state index >= 15 is 0 Å². The first-order valence-electron chi connectivity index (χ1n) is 8.26. The van der Waals surface area contributed by atoms with Gasteiger partial charge in [0, 0.05) is 11.6 Å². The number of nitrogens with one attached hydrogen (secondary N) is 2.